The summed E-state index contributed by atoms with van der Waals surface area (Å²) in [4.78, 5) is 0. The van der Waals surface area contributed by atoms with E-state index in [0.29, 0.717) is 12.0 Å². The summed E-state index contributed by atoms with van der Waals surface area (Å²) in [6.07, 6.45) is 12.5. The largest absolute Gasteiger partial charge is 0.373 e. The molecule has 1 saturated heterocycles. The molecule has 0 radical (unpaired) electrons. The lowest BCUT2D eigenvalue weighted by molar-refractivity contribution is 0.0903. The summed E-state index contributed by atoms with van der Waals surface area (Å²) in [6, 6.07) is 2.76. The Labute approximate surface area is 149 Å². The first-order chi connectivity index (χ1) is 12.3. The predicted octanol–water partition coefficient (Wildman–Crippen LogP) is 3.08. The van der Waals surface area contributed by atoms with E-state index in [0.717, 1.165) is 32.7 Å². The van der Waals surface area contributed by atoms with Crippen LogP contribution in [0.25, 0.3) is 0 Å². The first-order valence-electron chi connectivity index (χ1n) is 9.72. The van der Waals surface area contributed by atoms with Crippen LogP contribution < -0.4 is 5.32 Å². The van der Waals surface area contributed by atoms with Crippen LogP contribution in [0.3, 0.4) is 0 Å². The van der Waals surface area contributed by atoms with Gasteiger partial charge in [-0.2, -0.15) is 10.2 Å². The van der Waals surface area contributed by atoms with E-state index in [1.54, 1.807) is 0 Å². The van der Waals surface area contributed by atoms with Crippen LogP contribution >= 0.6 is 0 Å². The molecule has 2 aliphatic rings. The number of nitrogens with one attached hydrogen (secondary N) is 1. The molecule has 6 heteroatoms. The molecule has 1 aliphatic carbocycles. The Bertz CT molecular complexity index is 673. The zero-order valence-electron chi connectivity index (χ0n) is 15.1. The van der Waals surface area contributed by atoms with Crippen LogP contribution in [0.5, 0.6) is 0 Å². The van der Waals surface area contributed by atoms with E-state index in [9.17, 15) is 0 Å². The highest BCUT2D eigenvalue weighted by Gasteiger charge is 2.30. The third-order valence-electron chi connectivity index (χ3n) is 5.66. The molecule has 2 atom stereocenters. The molecular weight excluding hydrogens is 314 g/mol. The Morgan fingerprint density at radius 1 is 1.24 bits per heavy atom. The maximum atomic E-state index is 5.99. The second-order valence-corrected chi connectivity index (χ2v) is 7.31. The highest BCUT2D eigenvalue weighted by Crippen LogP contribution is 2.34. The van der Waals surface area contributed by atoms with E-state index in [-0.39, 0.29) is 6.10 Å². The molecule has 3 heterocycles. The minimum Gasteiger partial charge on any atom is -0.373 e. The number of hydrogen-bond acceptors (Lipinski definition) is 4. The highest BCUT2D eigenvalue weighted by atomic mass is 16.5. The van der Waals surface area contributed by atoms with Crippen LogP contribution in [0.2, 0.25) is 0 Å². The minimum absolute atomic E-state index is 0.174. The van der Waals surface area contributed by atoms with Crippen molar-refractivity contribution in [2.75, 3.05) is 13.2 Å². The molecule has 2 aromatic rings. The normalized spacial score (nSPS) is 24.4. The van der Waals surface area contributed by atoms with Gasteiger partial charge < -0.3 is 10.1 Å². The summed E-state index contributed by atoms with van der Waals surface area (Å²) >= 11 is 0. The van der Waals surface area contributed by atoms with Gasteiger partial charge in [0.05, 0.1) is 24.0 Å². The lowest BCUT2D eigenvalue weighted by Crippen LogP contribution is -2.26. The van der Waals surface area contributed by atoms with E-state index >= 15 is 0 Å². The van der Waals surface area contributed by atoms with Gasteiger partial charge in [-0.1, -0.05) is 12.8 Å². The second kappa shape index (κ2) is 7.70. The molecule has 0 bridgehead atoms. The van der Waals surface area contributed by atoms with Crippen molar-refractivity contribution in [3.63, 3.8) is 0 Å². The van der Waals surface area contributed by atoms with Gasteiger partial charge in [-0.15, -0.1) is 0 Å². The SMILES string of the molecule is CCn1cc([C@@H]2OCC[C@H]2CNCc2ccnn2C2CCCC2)cn1. The molecule has 0 unspecified atom stereocenters. The molecule has 0 aromatic carbocycles. The number of rotatable bonds is 7. The zero-order chi connectivity index (χ0) is 17.1. The fourth-order valence-corrected chi connectivity index (χ4v) is 4.26. The van der Waals surface area contributed by atoms with Crippen molar-refractivity contribution < 1.29 is 4.74 Å². The predicted molar refractivity (Wildman–Crippen MR) is 96.1 cm³/mol. The van der Waals surface area contributed by atoms with Crippen molar-refractivity contribution in [1.29, 1.82) is 0 Å². The average molecular weight is 343 g/mol. The van der Waals surface area contributed by atoms with Gasteiger partial charge in [0.15, 0.2) is 0 Å². The average Bonchev–Trinajstić information content (AvgIpc) is 3.39. The Morgan fingerprint density at radius 3 is 2.92 bits per heavy atom. The van der Waals surface area contributed by atoms with Crippen LogP contribution in [0.1, 0.15) is 62.4 Å². The monoisotopic (exact) mass is 343 g/mol. The van der Waals surface area contributed by atoms with Gasteiger partial charge in [-0.05, 0) is 32.3 Å². The molecule has 1 N–H and O–H groups in total. The van der Waals surface area contributed by atoms with E-state index in [2.05, 4.69) is 39.4 Å². The van der Waals surface area contributed by atoms with Gasteiger partial charge in [0.2, 0.25) is 0 Å². The molecule has 4 rings (SSSR count). The van der Waals surface area contributed by atoms with Crippen molar-refractivity contribution in [1.82, 2.24) is 24.9 Å². The summed E-state index contributed by atoms with van der Waals surface area (Å²) < 4.78 is 10.2. The van der Waals surface area contributed by atoms with Gasteiger partial charge in [0, 0.05) is 50.1 Å². The minimum atomic E-state index is 0.174. The topological polar surface area (TPSA) is 56.9 Å². The third-order valence-corrected chi connectivity index (χ3v) is 5.66. The van der Waals surface area contributed by atoms with E-state index < -0.39 is 0 Å². The third kappa shape index (κ3) is 3.65. The molecule has 0 spiro atoms. The number of ether oxygens (including phenoxy) is 1. The molecule has 136 valence electrons. The number of aryl methyl sites for hydroxylation is 1. The first kappa shape index (κ1) is 16.8. The first-order valence-corrected chi connectivity index (χ1v) is 9.72. The number of hydrogen-bond donors (Lipinski definition) is 1. The molecule has 25 heavy (non-hydrogen) atoms. The molecular formula is C19H29N5O. The molecule has 2 fully saturated rings. The van der Waals surface area contributed by atoms with E-state index in [4.69, 9.17) is 4.74 Å². The Hall–Kier alpha value is -1.66. The van der Waals surface area contributed by atoms with Crippen LogP contribution in [-0.2, 0) is 17.8 Å². The Kier molecular flexibility index (Phi) is 5.17. The highest BCUT2D eigenvalue weighted by molar-refractivity contribution is 5.11. The lowest BCUT2D eigenvalue weighted by atomic mass is 9.97. The maximum Gasteiger partial charge on any atom is 0.0896 e. The Balaban J connectivity index is 1.33. The van der Waals surface area contributed by atoms with Crippen LogP contribution in [-0.4, -0.2) is 32.7 Å². The van der Waals surface area contributed by atoms with Crippen LogP contribution in [0.15, 0.2) is 24.7 Å². The van der Waals surface area contributed by atoms with Crippen LogP contribution in [0, 0.1) is 5.92 Å². The van der Waals surface area contributed by atoms with Crippen molar-refractivity contribution in [3.8, 4) is 0 Å². The summed E-state index contributed by atoms with van der Waals surface area (Å²) in [5.74, 6) is 0.511. The van der Waals surface area contributed by atoms with Gasteiger partial charge in [-0.3, -0.25) is 9.36 Å². The smallest absolute Gasteiger partial charge is 0.0896 e. The van der Waals surface area contributed by atoms with Gasteiger partial charge >= 0.3 is 0 Å². The van der Waals surface area contributed by atoms with Crippen LogP contribution in [0.4, 0.5) is 0 Å². The molecule has 1 saturated carbocycles. The van der Waals surface area contributed by atoms with E-state index in [1.165, 1.54) is 36.9 Å². The summed E-state index contributed by atoms with van der Waals surface area (Å²) in [6.45, 7) is 5.71. The quantitative estimate of drug-likeness (QED) is 0.839. The molecule has 0 amide bonds. The zero-order valence-corrected chi connectivity index (χ0v) is 15.1. The van der Waals surface area contributed by atoms with Gasteiger partial charge in [0.1, 0.15) is 0 Å². The van der Waals surface area contributed by atoms with Crippen molar-refractivity contribution in [3.05, 3.63) is 35.9 Å². The van der Waals surface area contributed by atoms with Crippen molar-refractivity contribution >= 4 is 0 Å². The van der Waals surface area contributed by atoms with Crippen molar-refractivity contribution in [2.24, 2.45) is 5.92 Å². The lowest BCUT2D eigenvalue weighted by Gasteiger charge is -2.19. The van der Waals surface area contributed by atoms with Gasteiger partial charge in [-0.25, -0.2) is 0 Å². The molecule has 6 nitrogen and oxygen atoms in total. The van der Waals surface area contributed by atoms with E-state index in [1.807, 2.05) is 17.1 Å². The number of aromatic nitrogens is 4. The summed E-state index contributed by atoms with van der Waals surface area (Å²) in [5.41, 5.74) is 2.52. The molecule has 1 aliphatic heterocycles. The summed E-state index contributed by atoms with van der Waals surface area (Å²) in [5, 5.41) is 12.6. The van der Waals surface area contributed by atoms with Gasteiger partial charge in [0.25, 0.3) is 0 Å². The molecule has 2 aromatic heterocycles. The number of nitrogens with zero attached hydrogens (tertiary/aromatic N) is 4. The Morgan fingerprint density at radius 2 is 2.12 bits per heavy atom. The second-order valence-electron chi connectivity index (χ2n) is 7.31. The fraction of sp³-hybridized carbons (Fsp3) is 0.684. The maximum absolute atomic E-state index is 5.99. The van der Waals surface area contributed by atoms with Crippen molar-refractivity contribution in [2.45, 2.75) is 64.3 Å². The summed E-state index contributed by atoms with van der Waals surface area (Å²) in [7, 11) is 0. The fourth-order valence-electron chi connectivity index (χ4n) is 4.26. The standard InChI is InChI=1S/C19H29N5O/c1-2-23-14-16(12-22-23)19-15(8-10-25-19)11-20-13-18-7-9-21-24(18)17-5-3-4-6-17/h7,9,12,14-15,17,19-20H,2-6,8,10-11,13H2,1H3/t15-,19+/m0/s1.